The van der Waals surface area contributed by atoms with Crippen LogP contribution >= 0.6 is 11.8 Å². The van der Waals surface area contributed by atoms with Crippen LogP contribution in [0, 0.1) is 0 Å². The van der Waals surface area contributed by atoms with Crippen molar-refractivity contribution in [3.8, 4) is 17.1 Å². The Kier molecular flexibility index (Phi) is 6.03. The molecule has 0 unspecified atom stereocenters. The van der Waals surface area contributed by atoms with Crippen LogP contribution in [0.4, 0.5) is 5.69 Å². The maximum Gasteiger partial charge on any atom is 0.237 e. The topological polar surface area (TPSA) is 121 Å². The van der Waals surface area contributed by atoms with Crippen molar-refractivity contribution in [2.24, 2.45) is 0 Å². The number of nitrogens with zero attached hydrogens (tertiary/aromatic N) is 6. The van der Waals surface area contributed by atoms with E-state index in [4.69, 9.17) is 9.26 Å². The normalized spacial score (nSPS) is 13.1. The Balaban J connectivity index is 1.22. The number of pyridine rings is 1. The monoisotopic (exact) mass is 463 g/mol. The Morgan fingerprint density at radius 1 is 1.21 bits per heavy atom. The number of hydrogen-bond donors (Lipinski definition) is 1. The summed E-state index contributed by atoms with van der Waals surface area (Å²) in [5, 5.41) is 16.3. The number of para-hydroxylation sites is 2. The predicted molar refractivity (Wildman–Crippen MR) is 121 cm³/mol. The highest BCUT2D eigenvalue weighted by molar-refractivity contribution is 7.98. The molecule has 1 saturated carbocycles. The molecule has 4 aromatic rings. The van der Waals surface area contributed by atoms with Gasteiger partial charge in [0.05, 0.1) is 25.0 Å². The van der Waals surface area contributed by atoms with Gasteiger partial charge in [-0.05, 0) is 37.1 Å². The van der Waals surface area contributed by atoms with E-state index in [2.05, 4.69) is 35.2 Å². The maximum absolute atomic E-state index is 12.4. The van der Waals surface area contributed by atoms with Gasteiger partial charge in [-0.15, -0.1) is 10.2 Å². The third kappa shape index (κ3) is 4.87. The molecule has 3 aromatic heterocycles. The fourth-order valence-corrected chi connectivity index (χ4v) is 4.21. The lowest BCUT2D eigenvalue weighted by molar-refractivity contribution is -0.115. The minimum Gasteiger partial charge on any atom is -0.495 e. The number of methoxy groups -OCH3 is 1. The Labute approximate surface area is 193 Å². The lowest BCUT2D eigenvalue weighted by Gasteiger charge is -2.08. The first-order chi connectivity index (χ1) is 16.2. The second-order valence-corrected chi connectivity index (χ2v) is 8.40. The number of amides is 1. The van der Waals surface area contributed by atoms with E-state index in [0.29, 0.717) is 34.9 Å². The van der Waals surface area contributed by atoms with Crippen LogP contribution in [-0.4, -0.2) is 42.9 Å². The summed E-state index contributed by atoms with van der Waals surface area (Å²) in [5.74, 6) is 2.34. The molecule has 0 saturated heterocycles. The van der Waals surface area contributed by atoms with Crippen molar-refractivity contribution >= 4 is 23.4 Å². The number of rotatable bonds is 9. The summed E-state index contributed by atoms with van der Waals surface area (Å²) >= 11 is 1.48. The number of ether oxygens (including phenoxy) is 1. The van der Waals surface area contributed by atoms with Gasteiger partial charge < -0.3 is 14.6 Å². The maximum atomic E-state index is 12.4. The predicted octanol–water partition coefficient (Wildman–Crippen LogP) is 3.54. The fourth-order valence-electron chi connectivity index (χ4n) is 3.37. The summed E-state index contributed by atoms with van der Waals surface area (Å²) < 4.78 is 12.8. The van der Waals surface area contributed by atoms with Gasteiger partial charge in [-0.25, -0.2) is 0 Å². The first-order valence-electron chi connectivity index (χ1n) is 10.4. The van der Waals surface area contributed by atoms with E-state index < -0.39 is 0 Å². The van der Waals surface area contributed by atoms with Crippen molar-refractivity contribution in [2.75, 3.05) is 12.4 Å². The van der Waals surface area contributed by atoms with Gasteiger partial charge in [0.2, 0.25) is 11.8 Å². The quantitative estimate of drug-likeness (QED) is 0.371. The van der Waals surface area contributed by atoms with E-state index in [-0.39, 0.29) is 12.3 Å². The molecule has 10 nitrogen and oxygen atoms in total. The van der Waals surface area contributed by atoms with E-state index in [0.717, 1.165) is 29.4 Å². The van der Waals surface area contributed by atoms with Gasteiger partial charge in [-0.1, -0.05) is 29.1 Å². The second-order valence-electron chi connectivity index (χ2n) is 7.46. The van der Waals surface area contributed by atoms with E-state index in [9.17, 15) is 4.79 Å². The molecule has 1 amide bonds. The van der Waals surface area contributed by atoms with Gasteiger partial charge in [-0.2, -0.15) is 4.98 Å². The highest BCUT2D eigenvalue weighted by Crippen LogP contribution is 2.41. The SMILES string of the molecule is COc1ccccc1NC(=O)Cc1noc(CSc2nnc(-c3ccncc3)n2C2CC2)n1. The standard InChI is InChI=1S/C22H21N7O3S/c1-31-17-5-3-2-4-16(17)24-19(30)12-18-25-20(32-28-18)13-33-22-27-26-21(29(22)15-6-7-15)14-8-10-23-11-9-14/h2-5,8-11,15H,6-7,12-13H2,1H3,(H,24,30). The molecule has 1 N–H and O–H groups in total. The minimum absolute atomic E-state index is 0.00331. The molecule has 11 heteroatoms. The van der Waals surface area contributed by atoms with Crippen LogP contribution in [0.5, 0.6) is 5.75 Å². The van der Waals surface area contributed by atoms with E-state index in [1.54, 1.807) is 31.6 Å². The summed E-state index contributed by atoms with van der Waals surface area (Å²) in [4.78, 5) is 20.8. The smallest absolute Gasteiger partial charge is 0.237 e. The molecule has 1 aromatic carbocycles. The number of aromatic nitrogens is 6. The van der Waals surface area contributed by atoms with Crippen LogP contribution in [0.15, 0.2) is 58.5 Å². The summed E-state index contributed by atoms with van der Waals surface area (Å²) in [6.07, 6.45) is 5.71. The van der Waals surface area contributed by atoms with Crippen LogP contribution in [0.3, 0.4) is 0 Å². The zero-order chi connectivity index (χ0) is 22.6. The van der Waals surface area contributed by atoms with Gasteiger partial charge >= 0.3 is 0 Å². The van der Waals surface area contributed by atoms with Crippen LogP contribution in [0.2, 0.25) is 0 Å². The lowest BCUT2D eigenvalue weighted by atomic mass is 10.2. The Morgan fingerprint density at radius 3 is 2.82 bits per heavy atom. The third-order valence-corrected chi connectivity index (χ3v) is 5.98. The molecule has 5 rings (SSSR count). The van der Waals surface area contributed by atoms with Gasteiger partial charge in [-0.3, -0.25) is 14.3 Å². The molecule has 0 spiro atoms. The van der Waals surface area contributed by atoms with Gasteiger partial charge in [0, 0.05) is 24.0 Å². The van der Waals surface area contributed by atoms with Gasteiger partial charge in [0.15, 0.2) is 16.8 Å². The van der Waals surface area contributed by atoms with Crippen LogP contribution in [0.1, 0.15) is 30.6 Å². The summed E-state index contributed by atoms with van der Waals surface area (Å²) in [6, 6.07) is 11.5. The van der Waals surface area contributed by atoms with Crippen LogP contribution < -0.4 is 10.1 Å². The molecule has 3 heterocycles. The van der Waals surface area contributed by atoms with Crippen molar-refractivity contribution in [1.29, 1.82) is 0 Å². The average molecular weight is 464 g/mol. The molecule has 0 atom stereocenters. The lowest BCUT2D eigenvalue weighted by Crippen LogP contribution is -2.15. The number of anilines is 1. The molecule has 1 fully saturated rings. The second kappa shape index (κ2) is 9.41. The molecule has 1 aliphatic rings. The van der Waals surface area contributed by atoms with E-state index in [1.807, 2.05) is 24.3 Å². The minimum atomic E-state index is -0.255. The summed E-state index contributed by atoms with van der Waals surface area (Å²) in [6.45, 7) is 0. The van der Waals surface area contributed by atoms with Crippen molar-refractivity contribution < 1.29 is 14.1 Å². The van der Waals surface area contributed by atoms with Crippen molar-refractivity contribution in [3.05, 3.63) is 60.5 Å². The number of thioether (sulfide) groups is 1. The van der Waals surface area contributed by atoms with Crippen molar-refractivity contribution in [2.45, 2.75) is 36.2 Å². The number of benzene rings is 1. The fraction of sp³-hybridized carbons (Fsp3) is 0.273. The summed E-state index contributed by atoms with van der Waals surface area (Å²) in [5.41, 5.74) is 1.58. The highest BCUT2D eigenvalue weighted by atomic mass is 32.2. The van der Waals surface area contributed by atoms with Gasteiger partial charge in [0.25, 0.3) is 0 Å². The molecular formula is C22H21N7O3S. The number of carbonyl (C=O) groups excluding carboxylic acids is 1. The Bertz CT molecular complexity index is 1250. The van der Waals surface area contributed by atoms with Crippen LogP contribution in [0.25, 0.3) is 11.4 Å². The zero-order valence-corrected chi connectivity index (χ0v) is 18.7. The summed E-state index contributed by atoms with van der Waals surface area (Å²) in [7, 11) is 1.55. The first kappa shape index (κ1) is 21.1. The highest BCUT2D eigenvalue weighted by Gasteiger charge is 2.30. The molecule has 33 heavy (non-hydrogen) atoms. The zero-order valence-electron chi connectivity index (χ0n) is 17.8. The van der Waals surface area contributed by atoms with Crippen LogP contribution in [-0.2, 0) is 17.0 Å². The number of hydrogen-bond acceptors (Lipinski definition) is 9. The number of carbonyl (C=O) groups is 1. The molecule has 0 bridgehead atoms. The molecular weight excluding hydrogens is 442 g/mol. The average Bonchev–Trinajstić information content (AvgIpc) is 3.43. The molecule has 1 aliphatic carbocycles. The van der Waals surface area contributed by atoms with E-state index in [1.165, 1.54) is 11.8 Å². The third-order valence-electron chi connectivity index (χ3n) is 5.05. The Hall–Kier alpha value is -3.73. The Morgan fingerprint density at radius 2 is 2.03 bits per heavy atom. The largest absolute Gasteiger partial charge is 0.495 e. The molecule has 0 aliphatic heterocycles. The van der Waals surface area contributed by atoms with E-state index >= 15 is 0 Å². The molecule has 0 radical (unpaired) electrons. The van der Waals surface area contributed by atoms with Crippen molar-refractivity contribution in [1.82, 2.24) is 29.9 Å². The molecule has 168 valence electrons. The number of nitrogens with one attached hydrogen (secondary N) is 1. The van der Waals surface area contributed by atoms with Crippen molar-refractivity contribution in [3.63, 3.8) is 0 Å². The first-order valence-corrected chi connectivity index (χ1v) is 11.4. The van der Waals surface area contributed by atoms with Gasteiger partial charge in [0.1, 0.15) is 5.75 Å².